The highest BCUT2D eigenvalue weighted by Gasteiger charge is 2.25. The van der Waals surface area contributed by atoms with Crippen molar-refractivity contribution in [2.24, 2.45) is 5.92 Å². The van der Waals surface area contributed by atoms with E-state index in [1.807, 2.05) is 6.92 Å². The lowest BCUT2D eigenvalue weighted by molar-refractivity contribution is 0.271. The fraction of sp³-hybridized carbons (Fsp3) is 0.667. The second kappa shape index (κ2) is 5.73. The maximum atomic E-state index is 11.4. The highest BCUT2D eigenvalue weighted by Crippen LogP contribution is 2.22. The Morgan fingerprint density at radius 3 is 2.53 bits per heavy atom. The Morgan fingerprint density at radius 1 is 1.37 bits per heavy atom. The van der Waals surface area contributed by atoms with E-state index in [-0.39, 0.29) is 0 Å². The van der Waals surface area contributed by atoms with E-state index in [1.165, 1.54) is 10.6 Å². The molecular weight excluding hydrogens is 286 g/mol. The third kappa shape index (κ3) is 4.12. The van der Waals surface area contributed by atoms with Gasteiger partial charge in [-0.1, -0.05) is 11.6 Å². The first-order chi connectivity index (χ1) is 8.84. The van der Waals surface area contributed by atoms with E-state index in [9.17, 15) is 8.42 Å². The molecule has 0 atom stereocenters. The van der Waals surface area contributed by atoms with Crippen molar-refractivity contribution in [1.82, 2.24) is 14.3 Å². The summed E-state index contributed by atoms with van der Waals surface area (Å²) >= 11 is 5.91. The van der Waals surface area contributed by atoms with Crippen molar-refractivity contribution in [3.8, 4) is 0 Å². The lowest BCUT2D eigenvalue weighted by Gasteiger charge is -2.29. The number of aromatic nitrogens is 2. The molecule has 2 heterocycles. The number of aryl methyl sites for hydroxylation is 1. The number of rotatable bonds is 3. The minimum atomic E-state index is -3.05. The summed E-state index contributed by atoms with van der Waals surface area (Å²) in [6, 6.07) is 1.73. The molecule has 1 aliphatic rings. The summed E-state index contributed by atoms with van der Waals surface area (Å²) in [4.78, 5) is 8.59. The van der Waals surface area contributed by atoms with E-state index < -0.39 is 10.0 Å². The van der Waals surface area contributed by atoms with Crippen LogP contribution in [0.4, 0.5) is 0 Å². The third-order valence-electron chi connectivity index (χ3n) is 3.38. The molecule has 0 aromatic carbocycles. The molecule has 0 N–H and O–H groups in total. The maximum absolute atomic E-state index is 11.4. The molecule has 0 unspecified atom stereocenters. The molecule has 0 saturated carbocycles. The average Bonchev–Trinajstić information content (AvgIpc) is 2.26. The van der Waals surface area contributed by atoms with Crippen molar-refractivity contribution in [1.29, 1.82) is 0 Å². The van der Waals surface area contributed by atoms with Crippen LogP contribution in [0, 0.1) is 12.8 Å². The number of halogens is 1. The summed E-state index contributed by atoms with van der Waals surface area (Å²) in [5.74, 6) is 1.18. The van der Waals surface area contributed by atoms with Crippen LogP contribution < -0.4 is 0 Å². The minimum absolute atomic E-state index is 0.427. The summed E-state index contributed by atoms with van der Waals surface area (Å²) in [7, 11) is -3.05. The van der Waals surface area contributed by atoms with Gasteiger partial charge in [0.25, 0.3) is 0 Å². The Labute approximate surface area is 119 Å². The highest BCUT2D eigenvalue weighted by atomic mass is 35.5. The smallest absolute Gasteiger partial charge is 0.211 e. The van der Waals surface area contributed by atoms with Crippen LogP contribution in [0.25, 0.3) is 0 Å². The topological polar surface area (TPSA) is 63.2 Å². The van der Waals surface area contributed by atoms with Gasteiger partial charge in [0.05, 0.1) is 6.26 Å². The Bertz CT molecular complexity index is 534. The molecule has 0 amide bonds. The van der Waals surface area contributed by atoms with Gasteiger partial charge in [-0.15, -0.1) is 0 Å². The zero-order valence-corrected chi connectivity index (χ0v) is 12.7. The van der Waals surface area contributed by atoms with Gasteiger partial charge in [-0.2, -0.15) is 0 Å². The van der Waals surface area contributed by atoms with Crippen LogP contribution in [0.15, 0.2) is 6.07 Å². The van der Waals surface area contributed by atoms with E-state index in [0.29, 0.717) is 24.2 Å². The van der Waals surface area contributed by atoms with Crippen molar-refractivity contribution in [2.45, 2.75) is 26.2 Å². The predicted molar refractivity (Wildman–Crippen MR) is 74.6 cm³/mol. The van der Waals surface area contributed by atoms with E-state index in [1.54, 1.807) is 6.07 Å². The average molecular weight is 304 g/mol. The molecule has 0 bridgehead atoms. The van der Waals surface area contributed by atoms with Gasteiger partial charge >= 0.3 is 0 Å². The zero-order chi connectivity index (χ0) is 14.0. The van der Waals surface area contributed by atoms with Crippen LogP contribution in [-0.4, -0.2) is 42.0 Å². The molecule has 106 valence electrons. The van der Waals surface area contributed by atoms with Crippen molar-refractivity contribution in [3.05, 3.63) is 22.7 Å². The first-order valence-electron chi connectivity index (χ1n) is 6.30. The van der Waals surface area contributed by atoms with Gasteiger partial charge in [-0.05, 0) is 31.7 Å². The molecule has 1 aliphatic heterocycles. The Kier molecular flexibility index (Phi) is 4.43. The number of hydrogen-bond acceptors (Lipinski definition) is 4. The summed E-state index contributed by atoms with van der Waals surface area (Å²) in [6.07, 6.45) is 3.72. The van der Waals surface area contributed by atoms with E-state index in [2.05, 4.69) is 9.97 Å². The van der Waals surface area contributed by atoms with E-state index >= 15 is 0 Å². The molecule has 1 aromatic rings. The first kappa shape index (κ1) is 14.7. The molecule has 19 heavy (non-hydrogen) atoms. The van der Waals surface area contributed by atoms with Gasteiger partial charge in [-0.25, -0.2) is 22.7 Å². The van der Waals surface area contributed by atoms with Crippen LogP contribution >= 0.6 is 11.6 Å². The third-order valence-corrected chi connectivity index (χ3v) is 4.88. The van der Waals surface area contributed by atoms with Gasteiger partial charge in [0.1, 0.15) is 11.0 Å². The molecule has 0 spiro atoms. The number of sulfonamides is 1. The second-order valence-electron chi connectivity index (χ2n) is 5.06. The van der Waals surface area contributed by atoms with Gasteiger partial charge in [0, 0.05) is 25.2 Å². The van der Waals surface area contributed by atoms with Crippen molar-refractivity contribution in [2.75, 3.05) is 19.3 Å². The molecule has 0 aliphatic carbocycles. The van der Waals surface area contributed by atoms with Crippen LogP contribution in [0.5, 0.6) is 0 Å². The van der Waals surface area contributed by atoms with Gasteiger partial charge in [0.15, 0.2) is 0 Å². The van der Waals surface area contributed by atoms with Crippen LogP contribution in [0.3, 0.4) is 0 Å². The van der Waals surface area contributed by atoms with Crippen LogP contribution in [0.2, 0.25) is 5.15 Å². The fourth-order valence-electron chi connectivity index (χ4n) is 2.38. The van der Waals surface area contributed by atoms with E-state index in [4.69, 9.17) is 11.6 Å². The quantitative estimate of drug-likeness (QED) is 0.797. The SMILES string of the molecule is Cc1cc(Cl)nc(CC2CCN(S(C)(=O)=O)CC2)n1. The molecule has 2 rings (SSSR count). The molecule has 1 fully saturated rings. The number of nitrogens with zero attached hydrogens (tertiary/aromatic N) is 3. The molecule has 1 aromatic heterocycles. The summed E-state index contributed by atoms with van der Waals surface area (Å²) in [5.41, 5.74) is 0.864. The largest absolute Gasteiger partial charge is 0.238 e. The minimum Gasteiger partial charge on any atom is -0.238 e. The van der Waals surface area contributed by atoms with Crippen LogP contribution in [0.1, 0.15) is 24.4 Å². The monoisotopic (exact) mass is 303 g/mol. The van der Waals surface area contributed by atoms with Crippen molar-refractivity contribution in [3.63, 3.8) is 0 Å². The molecule has 0 radical (unpaired) electrons. The lowest BCUT2D eigenvalue weighted by atomic mass is 9.94. The van der Waals surface area contributed by atoms with E-state index in [0.717, 1.165) is 30.8 Å². The van der Waals surface area contributed by atoms with Gasteiger partial charge < -0.3 is 0 Å². The standard InChI is InChI=1S/C12H18ClN3O2S/c1-9-7-11(13)15-12(14-9)8-10-3-5-16(6-4-10)19(2,17)18/h7,10H,3-6,8H2,1-2H3. The predicted octanol–water partition coefficient (Wildman–Crippen LogP) is 1.65. The Hall–Kier alpha value is -0.720. The maximum Gasteiger partial charge on any atom is 0.211 e. The molecule has 7 heteroatoms. The summed E-state index contributed by atoms with van der Waals surface area (Å²) in [5, 5.41) is 0.469. The second-order valence-corrected chi connectivity index (χ2v) is 7.43. The molecular formula is C12H18ClN3O2S. The molecule has 1 saturated heterocycles. The van der Waals surface area contributed by atoms with Crippen LogP contribution in [-0.2, 0) is 16.4 Å². The molecule has 5 nitrogen and oxygen atoms in total. The van der Waals surface area contributed by atoms with Gasteiger partial charge in [0.2, 0.25) is 10.0 Å². The fourth-order valence-corrected chi connectivity index (χ4v) is 3.51. The summed E-state index contributed by atoms with van der Waals surface area (Å²) in [6.45, 7) is 3.06. The highest BCUT2D eigenvalue weighted by molar-refractivity contribution is 7.88. The summed E-state index contributed by atoms with van der Waals surface area (Å²) < 4.78 is 24.4. The Morgan fingerprint density at radius 2 is 2.00 bits per heavy atom. The van der Waals surface area contributed by atoms with Gasteiger partial charge in [-0.3, -0.25) is 0 Å². The normalized spacial score (nSPS) is 18.7. The number of hydrogen-bond donors (Lipinski definition) is 0. The Balaban J connectivity index is 1.96. The first-order valence-corrected chi connectivity index (χ1v) is 8.52. The zero-order valence-electron chi connectivity index (χ0n) is 11.1. The lowest BCUT2D eigenvalue weighted by Crippen LogP contribution is -2.38. The van der Waals surface area contributed by atoms with Crippen molar-refractivity contribution >= 4 is 21.6 Å². The number of piperidine rings is 1. The van der Waals surface area contributed by atoms with Crippen molar-refractivity contribution < 1.29 is 8.42 Å².